The van der Waals surface area contributed by atoms with Gasteiger partial charge in [-0.15, -0.1) is 0 Å². The molecular formula is C21H21N5OS. The number of pyridine rings is 1. The Bertz CT molecular complexity index is 1120. The van der Waals surface area contributed by atoms with Crippen LogP contribution in [0.2, 0.25) is 0 Å². The molecule has 0 unspecified atom stereocenters. The smallest absolute Gasteiger partial charge is 0.278 e. The summed E-state index contributed by atoms with van der Waals surface area (Å²) >= 11 is 1.52. The lowest BCUT2D eigenvalue weighted by molar-refractivity contribution is 0.0973. The molecule has 3 heterocycles. The number of hydrogen-bond acceptors (Lipinski definition) is 5. The number of rotatable bonds is 5. The second-order valence-electron chi connectivity index (χ2n) is 6.97. The molecule has 0 aliphatic rings. The monoisotopic (exact) mass is 391 g/mol. The maximum Gasteiger partial charge on any atom is 0.278 e. The Morgan fingerprint density at radius 1 is 1.21 bits per heavy atom. The Labute approximate surface area is 167 Å². The van der Waals surface area contributed by atoms with E-state index in [1.165, 1.54) is 16.9 Å². The van der Waals surface area contributed by atoms with Gasteiger partial charge in [0.05, 0.1) is 16.8 Å². The highest BCUT2D eigenvalue weighted by Crippen LogP contribution is 2.31. The quantitative estimate of drug-likeness (QED) is 0.498. The lowest BCUT2D eigenvalue weighted by Gasteiger charge is -2.21. The fourth-order valence-corrected chi connectivity index (χ4v) is 4.13. The standard InChI is InChI=1S/C21H21N5OS/c1-14(2)26-18(8-10-23-26)20(27)25(13-16-5-4-9-22-12-16)21-24-17-7-6-15(3)11-19(17)28-21/h4-12,14H,13H2,1-3H3. The van der Waals surface area contributed by atoms with E-state index in [1.807, 2.05) is 38.1 Å². The zero-order valence-corrected chi connectivity index (χ0v) is 16.8. The van der Waals surface area contributed by atoms with Crippen molar-refractivity contribution in [3.63, 3.8) is 0 Å². The van der Waals surface area contributed by atoms with Gasteiger partial charge in [0.15, 0.2) is 5.13 Å². The summed E-state index contributed by atoms with van der Waals surface area (Å²) in [5.41, 5.74) is 3.56. The van der Waals surface area contributed by atoms with Crippen LogP contribution in [0.5, 0.6) is 0 Å². The molecule has 0 aliphatic heterocycles. The molecule has 7 heteroatoms. The first-order valence-corrected chi connectivity index (χ1v) is 9.96. The third kappa shape index (κ3) is 3.53. The molecule has 1 amide bonds. The van der Waals surface area contributed by atoms with Gasteiger partial charge in [-0.2, -0.15) is 5.10 Å². The third-order valence-corrected chi connectivity index (χ3v) is 5.49. The Balaban J connectivity index is 1.78. The number of fused-ring (bicyclic) bond motifs is 1. The second-order valence-corrected chi connectivity index (χ2v) is 7.98. The highest BCUT2D eigenvalue weighted by molar-refractivity contribution is 7.22. The molecule has 0 saturated heterocycles. The topological polar surface area (TPSA) is 63.9 Å². The van der Waals surface area contributed by atoms with Crippen LogP contribution in [0.25, 0.3) is 10.2 Å². The van der Waals surface area contributed by atoms with Gasteiger partial charge in [-0.25, -0.2) is 4.98 Å². The van der Waals surface area contributed by atoms with Crippen LogP contribution in [0, 0.1) is 6.92 Å². The molecule has 4 rings (SSSR count). The van der Waals surface area contributed by atoms with Gasteiger partial charge >= 0.3 is 0 Å². The van der Waals surface area contributed by atoms with Gasteiger partial charge in [0, 0.05) is 24.6 Å². The number of nitrogens with zero attached hydrogens (tertiary/aromatic N) is 5. The molecule has 142 valence electrons. The van der Waals surface area contributed by atoms with E-state index in [-0.39, 0.29) is 11.9 Å². The van der Waals surface area contributed by atoms with E-state index in [9.17, 15) is 4.79 Å². The van der Waals surface area contributed by atoms with Crippen LogP contribution in [0.15, 0.2) is 55.0 Å². The van der Waals surface area contributed by atoms with Crippen LogP contribution in [0.1, 0.15) is 41.5 Å². The van der Waals surface area contributed by atoms with Crippen LogP contribution in [0.3, 0.4) is 0 Å². The first-order valence-electron chi connectivity index (χ1n) is 9.14. The van der Waals surface area contributed by atoms with E-state index in [4.69, 9.17) is 4.98 Å². The number of carbonyl (C=O) groups excluding carboxylic acids is 1. The average Bonchev–Trinajstić information content (AvgIpc) is 3.33. The SMILES string of the molecule is Cc1ccc2nc(N(Cc3cccnc3)C(=O)c3ccnn3C(C)C)sc2c1. The third-order valence-electron chi connectivity index (χ3n) is 4.45. The fourth-order valence-electron chi connectivity index (χ4n) is 3.07. The van der Waals surface area contributed by atoms with E-state index in [0.717, 1.165) is 15.8 Å². The molecule has 0 radical (unpaired) electrons. The molecule has 0 saturated carbocycles. The summed E-state index contributed by atoms with van der Waals surface area (Å²) in [6.45, 7) is 6.47. The molecule has 28 heavy (non-hydrogen) atoms. The fraction of sp³-hybridized carbons (Fsp3) is 0.238. The van der Waals surface area contributed by atoms with Gasteiger partial charge in [-0.3, -0.25) is 19.4 Å². The molecule has 3 aromatic heterocycles. The van der Waals surface area contributed by atoms with Crippen molar-refractivity contribution in [3.8, 4) is 0 Å². The lowest BCUT2D eigenvalue weighted by atomic mass is 10.2. The second kappa shape index (κ2) is 7.52. The zero-order chi connectivity index (χ0) is 19.7. The maximum absolute atomic E-state index is 13.5. The average molecular weight is 392 g/mol. The molecular weight excluding hydrogens is 370 g/mol. The van der Waals surface area contributed by atoms with Crippen LogP contribution in [0.4, 0.5) is 5.13 Å². The van der Waals surface area contributed by atoms with E-state index < -0.39 is 0 Å². The van der Waals surface area contributed by atoms with Crippen molar-refractivity contribution in [2.24, 2.45) is 0 Å². The van der Waals surface area contributed by atoms with E-state index in [0.29, 0.717) is 17.4 Å². The minimum absolute atomic E-state index is 0.0900. The van der Waals surface area contributed by atoms with Crippen molar-refractivity contribution in [2.75, 3.05) is 4.90 Å². The highest BCUT2D eigenvalue weighted by atomic mass is 32.1. The number of carbonyl (C=O) groups is 1. The van der Waals surface area contributed by atoms with Gasteiger partial charge in [0.2, 0.25) is 0 Å². The molecule has 0 bridgehead atoms. The molecule has 1 aromatic carbocycles. The van der Waals surface area contributed by atoms with Crippen molar-refractivity contribution < 1.29 is 4.79 Å². The van der Waals surface area contributed by atoms with E-state index in [1.54, 1.807) is 34.2 Å². The summed E-state index contributed by atoms with van der Waals surface area (Å²) < 4.78 is 2.81. The molecule has 0 aliphatic carbocycles. The number of anilines is 1. The van der Waals surface area contributed by atoms with Gasteiger partial charge in [0.25, 0.3) is 5.91 Å². The van der Waals surface area contributed by atoms with E-state index >= 15 is 0 Å². The summed E-state index contributed by atoms with van der Waals surface area (Å²) in [6, 6.07) is 11.8. The van der Waals surface area contributed by atoms with Gasteiger partial charge in [-0.05, 0) is 56.2 Å². The summed E-state index contributed by atoms with van der Waals surface area (Å²) in [4.78, 5) is 24.1. The minimum Gasteiger partial charge on any atom is -0.278 e. The first-order chi connectivity index (χ1) is 13.5. The number of aromatic nitrogens is 4. The Hall–Kier alpha value is -3.06. The number of amides is 1. The summed E-state index contributed by atoms with van der Waals surface area (Å²) in [6.07, 6.45) is 5.17. The van der Waals surface area contributed by atoms with Gasteiger partial charge in [-0.1, -0.05) is 23.5 Å². The molecule has 0 N–H and O–H groups in total. The van der Waals surface area contributed by atoms with Gasteiger partial charge < -0.3 is 0 Å². The molecule has 0 fully saturated rings. The van der Waals surface area contributed by atoms with E-state index in [2.05, 4.69) is 23.1 Å². The predicted molar refractivity (Wildman–Crippen MR) is 112 cm³/mol. The van der Waals surface area contributed by atoms with Crippen molar-refractivity contribution in [1.82, 2.24) is 19.7 Å². The summed E-state index contributed by atoms with van der Waals surface area (Å²) in [7, 11) is 0. The van der Waals surface area contributed by atoms with Crippen molar-refractivity contribution in [2.45, 2.75) is 33.4 Å². The van der Waals surface area contributed by atoms with Crippen molar-refractivity contribution in [3.05, 3.63) is 71.8 Å². The number of benzene rings is 1. The Kier molecular flexibility index (Phi) is 4.92. The zero-order valence-electron chi connectivity index (χ0n) is 16.0. The Morgan fingerprint density at radius 2 is 2.07 bits per heavy atom. The largest absolute Gasteiger partial charge is 0.278 e. The molecule has 6 nitrogen and oxygen atoms in total. The summed E-state index contributed by atoms with van der Waals surface area (Å²) in [5.74, 6) is -0.120. The minimum atomic E-state index is -0.120. The van der Waals surface area contributed by atoms with Crippen LogP contribution in [-0.2, 0) is 6.54 Å². The molecule has 0 spiro atoms. The summed E-state index contributed by atoms with van der Waals surface area (Å²) in [5, 5.41) is 4.99. The van der Waals surface area contributed by atoms with Crippen molar-refractivity contribution in [1.29, 1.82) is 0 Å². The number of aryl methyl sites for hydroxylation is 1. The molecule has 0 atom stereocenters. The molecule has 4 aromatic rings. The highest BCUT2D eigenvalue weighted by Gasteiger charge is 2.25. The normalized spacial score (nSPS) is 11.3. The van der Waals surface area contributed by atoms with Crippen LogP contribution < -0.4 is 4.90 Å². The Morgan fingerprint density at radius 3 is 2.82 bits per heavy atom. The lowest BCUT2D eigenvalue weighted by Crippen LogP contribution is -2.32. The number of thiazole rings is 1. The number of hydrogen-bond donors (Lipinski definition) is 0. The van der Waals surface area contributed by atoms with Crippen LogP contribution >= 0.6 is 11.3 Å². The predicted octanol–water partition coefficient (Wildman–Crippen LogP) is 4.62. The van der Waals surface area contributed by atoms with Crippen molar-refractivity contribution >= 4 is 32.6 Å². The van der Waals surface area contributed by atoms with Gasteiger partial charge in [0.1, 0.15) is 5.69 Å². The van der Waals surface area contributed by atoms with Crippen LogP contribution in [-0.4, -0.2) is 25.7 Å². The maximum atomic E-state index is 13.5. The first kappa shape index (κ1) is 18.3.